The van der Waals surface area contributed by atoms with Crippen LogP contribution in [0.4, 0.5) is 8.78 Å². The van der Waals surface area contributed by atoms with Gasteiger partial charge >= 0.3 is 0 Å². The number of piperazine rings is 1. The first-order valence-corrected chi connectivity index (χ1v) is 9.66. The van der Waals surface area contributed by atoms with Crippen LogP contribution in [0.25, 0.3) is 22.2 Å². The molecule has 0 aliphatic carbocycles. The number of H-pyrrole nitrogens is 1. The Hall–Kier alpha value is -2.73. The Morgan fingerprint density at radius 1 is 1.07 bits per heavy atom. The zero-order chi connectivity index (χ0) is 19.7. The SMILES string of the molecule is C[NH+]1CCN(C(=O)CCc2c(-c3ccc(F)cc3)[nH]c3ccc(F)cc23)CC1. The van der Waals surface area contributed by atoms with Crippen LogP contribution in [0.15, 0.2) is 42.5 Å². The van der Waals surface area contributed by atoms with E-state index in [1.54, 1.807) is 18.2 Å². The third kappa shape index (κ3) is 3.78. The van der Waals surface area contributed by atoms with Crippen LogP contribution < -0.4 is 4.90 Å². The third-order valence-corrected chi connectivity index (χ3v) is 5.56. The summed E-state index contributed by atoms with van der Waals surface area (Å²) in [4.78, 5) is 19.4. The molecular weight excluding hydrogens is 360 g/mol. The van der Waals surface area contributed by atoms with E-state index >= 15 is 0 Å². The van der Waals surface area contributed by atoms with E-state index in [4.69, 9.17) is 0 Å². The molecule has 0 saturated carbocycles. The largest absolute Gasteiger partial charge is 0.354 e. The van der Waals surface area contributed by atoms with Crippen molar-refractivity contribution in [2.45, 2.75) is 12.8 Å². The van der Waals surface area contributed by atoms with Crippen molar-refractivity contribution in [3.63, 3.8) is 0 Å². The number of likely N-dealkylation sites (N-methyl/N-ethyl adjacent to an activating group) is 1. The van der Waals surface area contributed by atoms with Gasteiger partial charge in [0.25, 0.3) is 0 Å². The van der Waals surface area contributed by atoms with Crippen LogP contribution >= 0.6 is 0 Å². The number of aromatic amines is 1. The van der Waals surface area contributed by atoms with E-state index in [1.165, 1.54) is 29.2 Å². The zero-order valence-corrected chi connectivity index (χ0v) is 15.9. The van der Waals surface area contributed by atoms with E-state index in [0.29, 0.717) is 12.8 Å². The number of benzene rings is 2. The quantitative estimate of drug-likeness (QED) is 0.713. The fraction of sp³-hybridized carbons (Fsp3) is 0.318. The van der Waals surface area contributed by atoms with Crippen molar-refractivity contribution < 1.29 is 18.5 Å². The molecule has 4 rings (SSSR count). The number of halogens is 2. The summed E-state index contributed by atoms with van der Waals surface area (Å²) >= 11 is 0. The summed E-state index contributed by atoms with van der Waals surface area (Å²) in [7, 11) is 2.14. The topological polar surface area (TPSA) is 40.5 Å². The Morgan fingerprint density at radius 3 is 2.46 bits per heavy atom. The second kappa shape index (κ2) is 7.72. The number of hydrogen-bond acceptors (Lipinski definition) is 1. The molecule has 6 heteroatoms. The van der Waals surface area contributed by atoms with Gasteiger partial charge in [-0.3, -0.25) is 4.79 Å². The van der Waals surface area contributed by atoms with Crippen molar-refractivity contribution >= 4 is 16.8 Å². The number of fused-ring (bicyclic) bond motifs is 1. The first kappa shape index (κ1) is 18.6. The number of carbonyl (C=O) groups excluding carboxylic acids is 1. The van der Waals surface area contributed by atoms with Gasteiger partial charge in [-0.25, -0.2) is 8.78 Å². The fourth-order valence-corrected chi connectivity index (χ4v) is 3.87. The van der Waals surface area contributed by atoms with Gasteiger partial charge in [-0.1, -0.05) is 0 Å². The average molecular weight is 384 g/mol. The highest BCUT2D eigenvalue weighted by Gasteiger charge is 2.22. The van der Waals surface area contributed by atoms with Crippen molar-refractivity contribution in [2.75, 3.05) is 33.2 Å². The lowest BCUT2D eigenvalue weighted by atomic mass is 10.0. The maximum absolute atomic E-state index is 13.9. The number of hydrogen-bond donors (Lipinski definition) is 2. The van der Waals surface area contributed by atoms with Crippen LogP contribution in [0.5, 0.6) is 0 Å². The number of aromatic nitrogens is 1. The third-order valence-electron chi connectivity index (χ3n) is 5.56. The molecule has 0 unspecified atom stereocenters. The summed E-state index contributed by atoms with van der Waals surface area (Å²) in [6, 6.07) is 10.8. The molecule has 1 aliphatic heterocycles. The van der Waals surface area contributed by atoms with Crippen molar-refractivity contribution in [1.29, 1.82) is 0 Å². The molecule has 0 spiro atoms. The van der Waals surface area contributed by atoms with Gasteiger partial charge in [0.15, 0.2) is 0 Å². The number of nitrogens with one attached hydrogen (secondary N) is 2. The van der Waals surface area contributed by atoms with E-state index in [2.05, 4.69) is 12.0 Å². The Labute approximate surface area is 162 Å². The number of quaternary nitrogens is 1. The van der Waals surface area contributed by atoms with Gasteiger partial charge in [0.2, 0.25) is 5.91 Å². The van der Waals surface area contributed by atoms with Gasteiger partial charge < -0.3 is 14.8 Å². The Kier molecular flexibility index (Phi) is 5.13. The number of rotatable bonds is 4. The van der Waals surface area contributed by atoms with E-state index in [0.717, 1.165) is 53.9 Å². The molecule has 146 valence electrons. The predicted octanol–water partition coefficient (Wildman–Crippen LogP) is 2.40. The molecule has 1 fully saturated rings. The summed E-state index contributed by atoms with van der Waals surface area (Å²) in [5.74, 6) is -0.491. The lowest BCUT2D eigenvalue weighted by molar-refractivity contribution is -0.883. The summed E-state index contributed by atoms with van der Waals surface area (Å²) in [5.41, 5.74) is 3.35. The Bertz CT molecular complexity index is 989. The first-order valence-electron chi connectivity index (χ1n) is 9.66. The van der Waals surface area contributed by atoms with Crippen LogP contribution in [0.3, 0.4) is 0 Å². The molecule has 3 aromatic rings. The molecular formula is C22H24F2N3O+. The fourth-order valence-electron chi connectivity index (χ4n) is 3.87. The highest BCUT2D eigenvalue weighted by molar-refractivity contribution is 5.91. The zero-order valence-electron chi connectivity index (χ0n) is 15.9. The number of nitrogens with zero attached hydrogens (tertiary/aromatic N) is 1. The summed E-state index contributed by atoms with van der Waals surface area (Å²) in [6.45, 7) is 3.48. The van der Waals surface area contributed by atoms with Crippen molar-refractivity contribution in [3.8, 4) is 11.3 Å². The minimum absolute atomic E-state index is 0.128. The second-order valence-electron chi connectivity index (χ2n) is 7.51. The minimum atomic E-state index is -0.313. The van der Waals surface area contributed by atoms with Gasteiger partial charge in [-0.2, -0.15) is 0 Å². The molecule has 0 atom stereocenters. The molecule has 2 heterocycles. The average Bonchev–Trinajstić information content (AvgIpc) is 3.05. The predicted molar refractivity (Wildman–Crippen MR) is 105 cm³/mol. The first-order chi connectivity index (χ1) is 13.5. The smallest absolute Gasteiger partial charge is 0.223 e. The van der Waals surface area contributed by atoms with Crippen LogP contribution in [-0.2, 0) is 11.2 Å². The van der Waals surface area contributed by atoms with E-state index in [-0.39, 0.29) is 17.5 Å². The molecule has 0 bridgehead atoms. The molecule has 2 aromatic carbocycles. The normalized spacial score (nSPS) is 15.3. The van der Waals surface area contributed by atoms with Gasteiger partial charge in [-0.05, 0) is 60.0 Å². The van der Waals surface area contributed by atoms with E-state index in [1.807, 2.05) is 4.90 Å². The molecule has 1 amide bonds. The highest BCUT2D eigenvalue weighted by atomic mass is 19.1. The molecule has 2 N–H and O–H groups in total. The summed E-state index contributed by atoms with van der Waals surface area (Å²) in [5, 5.41) is 0.773. The molecule has 0 radical (unpaired) electrons. The molecule has 1 saturated heterocycles. The van der Waals surface area contributed by atoms with Crippen LogP contribution in [-0.4, -0.2) is 49.0 Å². The maximum Gasteiger partial charge on any atom is 0.223 e. The van der Waals surface area contributed by atoms with Crippen LogP contribution in [0.1, 0.15) is 12.0 Å². The highest BCUT2D eigenvalue weighted by Crippen LogP contribution is 2.32. The molecule has 28 heavy (non-hydrogen) atoms. The molecule has 1 aromatic heterocycles. The standard InChI is InChI=1S/C22H23F2N3O/c1-26-10-12-27(13-11-26)21(28)9-7-18-19-14-17(24)6-8-20(19)25-22(18)15-2-4-16(23)5-3-15/h2-6,8,14,25H,7,9-13H2,1H3/p+1. The lowest BCUT2D eigenvalue weighted by Crippen LogP contribution is -3.12. The lowest BCUT2D eigenvalue weighted by Gasteiger charge is -2.30. The summed E-state index contributed by atoms with van der Waals surface area (Å²) in [6.07, 6.45) is 0.880. The number of amides is 1. The van der Waals surface area contributed by atoms with Crippen LogP contribution in [0.2, 0.25) is 0 Å². The summed E-state index contributed by atoms with van der Waals surface area (Å²) < 4.78 is 27.2. The molecule has 1 aliphatic rings. The van der Waals surface area contributed by atoms with Gasteiger partial charge in [0.05, 0.1) is 33.2 Å². The van der Waals surface area contributed by atoms with E-state index < -0.39 is 0 Å². The van der Waals surface area contributed by atoms with Gasteiger partial charge in [0.1, 0.15) is 11.6 Å². The minimum Gasteiger partial charge on any atom is -0.354 e. The number of aryl methyl sites for hydroxylation is 1. The Balaban J connectivity index is 1.62. The van der Waals surface area contributed by atoms with E-state index in [9.17, 15) is 13.6 Å². The van der Waals surface area contributed by atoms with Gasteiger partial charge in [0, 0.05) is 23.0 Å². The second-order valence-corrected chi connectivity index (χ2v) is 7.51. The van der Waals surface area contributed by atoms with Crippen molar-refractivity contribution in [1.82, 2.24) is 9.88 Å². The van der Waals surface area contributed by atoms with Gasteiger partial charge in [-0.15, -0.1) is 0 Å². The van der Waals surface area contributed by atoms with Crippen molar-refractivity contribution in [3.05, 3.63) is 59.7 Å². The monoisotopic (exact) mass is 384 g/mol. The van der Waals surface area contributed by atoms with Crippen molar-refractivity contribution in [2.24, 2.45) is 0 Å². The number of carbonyl (C=O) groups is 1. The maximum atomic E-state index is 13.9. The molecule has 4 nitrogen and oxygen atoms in total. The van der Waals surface area contributed by atoms with Crippen LogP contribution in [0, 0.1) is 11.6 Å². The Morgan fingerprint density at radius 2 is 1.75 bits per heavy atom.